The molecule has 0 amide bonds. The molecule has 0 radical (unpaired) electrons. The smallest absolute Gasteiger partial charge is 0.0991 e. The summed E-state index contributed by atoms with van der Waals surface area (Å²) in [4.78, 5) is 5.08. The van der Waals surface area contributed by atoms with Gasteiger partial charge in [0.05, 0.1) is 11.6 Å². The minimum atomic E-state index is 0.742. The average molecular weight is 256 g/mol. The molecule has 0 aromatic heterocycles. The molecule has 1 N–H and O–H groups in total. The first-order valence-electron chi connectivity index (χ1n) is 7.01. The third-order valence-electron chi connectivity index (χ3n) is 4.10. The van der Waals surface area contributed by atoms with Gasteiger partial charge in [0.25, 0.3) is 0 Å². The zero-order chi connectivity index (χ0) is 13.1. The van der Waals surface area contributed by atoms with Gasteiger partial charge in [0.15, 0.2) is 0 Å². The highest BCUT2D eigenvalue weighted by molar-refractivity contribution is 5.31. The van der Waals surface area contributed by atoms with Gasteiger partial charge in [-0.15, -0.1) is 0 Å². The van der Waals surface area contributed by atoms with E-state index in [9.17, 15) is 0 Å². The number of benzene rings is 1. The molecule has 2 saturated heterocycles. The molecule has 1 aromatic carbocycles. The summed E-state index contributed by atoms with van der Waals surface area (Å²) in [5.74, 6) is 0. The van der Waals surface area contributed by atoms with Gasteiger partial charge in [0.1, 0.15) is 0 Å². The van der Waals surface area contributed by atoms with Gasteiger partial charge < -0.3 is 5.32 Å². The fraction of sp³-hybridized carbons (Fsp3) is 0.533. The second-order valence-corrected chi connectivity index (χ2v) is 5.44. The highest BCUT2D eigenvalue weighted by Crippen LogP contribution is 2.18. The van der Waals surface area contributed by atoms with E-state index in [0.717, 1.165) is 31.2 Å². The molecule has 0 unspecified atom stereocenters. The highest BCUT2D eigenvalue weighted by Gasteiger charge is 2.31. The van der Waals surface area contributed by atoms with Gasteiger partial charge in [-0.3, -0.25) is 9.80 Å². The Bertz CT molecular complexity index is 450. The zero-order valence-corrected chi connectivity index (χ0v) is 11.2. The molecule has 0 saturated carbocycles. The van der Waals surface area contributed by atoms with Gasteiger partial charge in [0, 0.05) is 51.9 Å². The largest absolute Gasteiger partial charge is 0.314 e. The van der Waals surface area contributed by atoms with E-state index in [-0.39, 0.29) is 0 Å². The Balaban J connectivity index is 1.46. The van der Waals surface area contributed by atoms with Crippen LogP contribution in [0.25, 0.3) is 0 Å². The Kier molecular flexibility index (Phi) is 3.79. The number of hydrogen-bond donors (Lipinski definition) is 1. The quantitative estimate of drug-likeness (QED) is 0.862. The molecule has 4 heteroatoms. The first-order valence-corrected chi connectivity index (χ1v) is 7.01. The number of nitriles is 1. The van der Waals surface area contributed by atoms with E-state index < -0.39 is 0 Å². The molecule has 2 aliphatic heterocycles. The lowest BCUT2D eigenvalue weighted by atomic mass is 10.0. The summed E-state index contributed by atoms with van der Waals surface area (Å²) in [6.07, 6.45) is 0. The van der Waals surface area contributed by atoms with Gasteiger partial charge >= 0.3 is 0 Å². The molecule has 2 aliphatic rings. The molecule has 100 valence electrons. The second kappa shape index (κ2) is 5.70. The molecule has 1 aromatic rings. The number of nitrogens with one attached hydrogen (secondary N) is 1. The molecule has 2 heterocycles. The maximum atomic E-state index is 8.78. The first kappa shape index (κ1) is 12.6. The zero-order valence-electron chi connectivity index (χ0n) is 11.2. The van der Waals surface area contributed by atoms with Crippen LogP contribution in [-0.2, 0) is 6.54 Å². The van der Waals surface area contributed by atoms with Crippen molar-refractivity contribution in [3.63, 3.8) is 0 Å². The third-order valence-corrected chi connectivity index (χ3v) is 4.10. The number of nitrogens with zero attached hydrogens (tertiary/aromatic N) is 3. The molecular formula is C15H20N4. The maximum Gasteiger partial charge on any atom is 0.0991 e. The maximum absolute atomic E-state index is 8.78. The van der Waals surface area contributed by atoms with Crippen molar-refractivity contribution in [2.75, 3.05) is 39.3 Å². The van der Waals surface area contributed by atoms with Crippen LogP contribution in [0.2, 0.25) is 0 Å². The number of piperazine rings is 1. The average Bonchev–Trinajstić information content (AvgIpc) is 2.44. The van der Waals surface area contributed by atoms with Crippen LogP contribution in [0.3, 0.4) is 0 Å². The summed E-state index contributed by atoms with van der Waals surface area (Å²) < 4.78 is 0. The summed E-state index contributed by atoms with van der Waals surface area (Å²) in [5.41, 5.74) is 2.05. The van der Waals surface area contributed by atoms with E-state index >= 15 is 0 Å². The molecule has 4 nitrogen and oxygen atoms in total. The van der Waals surface area contributed by atoms with Crippen molar-refractivity contribution in [1.82, 2.24) is 15.1 Å². The van der Waals surface area contributed by atoms with Crippen molar-refractivity contribution in [3.8, 4) is 6.07 Å². The predicted octanol–water partition coefficient (Wildman–Crippen LogP) is 0.648. The fourth-order valence-electron chi connectivity index (χ4n) is 2.89. The molecule has 3 rings (SSSR count). The van der Waals surface area contributed by atoms with Crippen LogP contribution in [0.1, 0.15) is 11.1 Å². The van der Waals surface area contributed by atoms with Crippen LogP contribution in [-0.4, -0.2) is 55.1 Å². The van der Waals surface area contributed by atoms with E-state index in [1.165, 1.54) is 31.7 Å². The van der Waals surface area contributed by atoms with E-state index in [1.54, 1.807) is 0 Å². The third kappa shape index (κ3) is 2.95. The van der Waals surface area contributed by atoms with Gasteiger partial charge in [-0.05, 0) is 17.7 Å². The normalized spacial score (nSPS) is 21.8. The molecule has 0 atom stereocenters. The van der Waals surface area contributed by atoms with Crippen molar-refractivity contribution in [2.24, 2.45) is 0 Å². The van der Waals surface area contributed by atoms with Crippen LogP contribution in [0.4, 0.5) is 0 Å². The molecule has 0 bridgehead atoms. The van der Waals surface area contributed by atoms with E-state index in [4.69, 9.17) is 5.26 Å². The Morgan fingerprint density at radius 1 is 1.16 bits per heavy atom. The molecule has 2 fully saturated rings. The predicted molar refractivity (Wildman–Crippen MR) is 74.7 cm³/mol. The lowest BCUT2D eigenvalue weighted by Gasteiger charge is -2.46. The van der Waals surface area contributed by atoms with Crippen molar-refractivity contribution in [3.05, 3.63) is 35.4 Å². The second-order valence-electron chi connectivity index (χ2n) is 5.44. The molecular weight excluding hydrogens is 236 g/mol. The summed E-state index contributed by atoms with van der Waals surface area (Å²) >= 11 is 0. The fourth-order valence-corrected chi connectivity index (χ4v) is 2.89. The van der Waals surface area contributed by atoms with Crippen LogP contribution >= 0.6 is 0 Å². The Labute approximate surface area is 114 Å². The van der Waals surface area contributed by atoms with Crippen LogP contribution in [0, 0.1) is 11.3 Å². The Hall–Kier alpha value is -1.41. The van der Waals surface area contributed by atoms with Crippen molar-refractivity contribution in [1.29, 1.82) is 5.26 Å². The molecule has 0 aliphatic carbocycles. The van der Waals surface area contributed by atoms with Crippen LogP contribution in [0.15, 0.2) is 24.3 Å². The minimum Gasteiger partial charge on any atom is -0.314 e. The van der Waals surface area contributed by atoms with Gasteiger partial charge in [-0.2, -0.15) is 5.26 Å². The molecule has 0 spiro atoms. The van der Waals surface area contributed by atoms with Gasteiger partial charge in [0.2, 0.25) is 0 Å². The van der Waals surface area contributed by atoms with Crippen LogP contribution in [0.5, 0.6) is 0 Å². The van der Waals surface area contributed by atoms with E-state index in [2.05, 4.69) is 33.3 Å². The topological polar surface area (TPSA) is 42.3 Å². The summed E-state index contributed by atoms with van der Waals surface area (Å²) in [6.45, 7) is 8.01. The van der Waals surface area contributed by atoms with Crippen molar-refractivity contribution >= 4 is 0 Å². The number of hydrogen-bond acceptors (Lipinski definition) is 4. The van der Waals surface area contributed by atoms with Crippen molar-refractivity contribution in [2.45, 2.75) is 12.6 Å². The highest BCUT2D eigenvalue weighted by atomic mass is 15.3. The standard InChI is InChI=1S/C15H20N4/c16-9-13-1-3-14(4-2-13)10-18-11-15(12-18)19-7-5-17-6-8-19/h1-4,15,17H,5-8,10-12H2. The lowest BCUT2D eigenvalue weighted by molar-refractivity contribution is 0.0223. The first-order chi connectivity index (χ1) is 9.35. The summed E-state index contributed by atoms with van der Waals surface area (Å²) in [7, 11) is 0. The van der Waals surface area contributed by atoms with Crippen molar-refractivity contribution < 1.29 is 0 Å². The Morgan fingerprint density at radius 3 is 2.47 bits per heavy atom. The van der Waals surface area contributed by atoms with Gasteiger partial charge in [-0.1, -0.05) is 12.1 Å². The van der Waals surface area contributed by atoms with E-state index in [0.29, 0.717) is 0 Å². The minimum absolute atomic E-state index is 0.742. The SMILES string of the molecule is N#Cc1ccc(CN2CC(N3CCNCC3)C2)cc1. The van der Waals surface area contributed by atoms with Crippen LogP contribution < -0.4 is 5.32 Å². The number of likely N-dealkylation sites (tertiary alicyclic amines) is 1. The summed E-state index contributed by atoms with van der Waals surface area (Å²) in [5, 5.41) is 12.2. The van der Waals surface area contributed by atoms with Gasteiger partial charge in [-0.25, -0.2) is 0 Å². The lowest BCUT2D eigenvalue weighted by Crippen LogP contribution is -2.62. The summed E-state index contributed by atoms with van der Waals surface area (Å²) in [6, 6.07) is 10.9. The Morgan fingerprint density at radius 2 is 1.84 bits per heavy atom. The monoisotopic (exact) mass is 256 g/mol. The molecule has 19 heavy (non-hydrogen) atoms. The number of rotatable bonds is 3. The van der Waals surface area contributed by atoms with E-state index in [1.807, 2.05) is 12.1 Å².